The van der Waals surface area contributed by atoms with E-state index >= 15 is 0 Å². The molecular formula is C10H6Br2ClN3. The van der Waals surface area contributed by atoms with Crippen LogP contribution in [0.15, 0.2) is 39.5 Å². The van der Waals surface area contributed by atoms with Crippen LogP contribution in [-0.4, -0.2) is 9.97 Å². The van der Waals surface area contributed by atoms with E-state index in [0.717, 1.165) is 10.2 Å². The van der Waals surface area contributed by atoms with Crippen LogP contribution in [0, 0.1) is 0 Å². The third kappa shape index (κ3) is 2.72. The van der Waals surface area contributed by atoms with Gasteiger partial charge in [0.15, 0.2) is 0 Å². The average molecular weight is 363 g/mol. The Balaban J connectivity index is 2.27. The van der Waals surface area contributed by atoms with Crippen molar-refractivity contribution < 1.29 is 0 Å². The Morgan fingerprint density at radius 2 is 1.75 bits per heavy atom. The van der Waals surface area contributed by atoms with E-state index in [-0.39, 0.29) is 0 Å². The number of hydrogen-bond donors (Lipinski definition) is 1. The van der Waals surface area contributed by atoms with Gasteiger partial charge >= 0.3 is 0 Å². The first kappa shape index (κ1) is 11.8. The first-order valence-electron chi connectivity index (χ1n) is 4.35. The van der Waals surface area contributed by atoms with E-state index in [1.165, 1.54) is 6.33 Å². The van der Waals surface area contributed by atoms with E-state index in [2.05, 4.69) is 47.1 Å². The average Bonchev–Trinajstić information content (AvgIpc) is 2.28. The van der Waals surface area contributed by atoms with Gasteiger partial charge in [0.2, 0.25) is 0 Å². The molecule has 0 amide bonds. The largest absolute Gasteiger partial charge is 0.339 e. The molecule has 0 saturated heterocycles. The highest BCUT2D eigenvalue weighted by molar-refractivity contribution is 9.11. The predicted molar refractivity (Wildman–Crippen MR) is 72.2 cm³/mol. The quantitative estimate of drug-likeness (QED) is 0.804. The second kappa shape index (κ2) is 5.12. The van der Waals surface area contributed by atoms with Crippen molar-refractivity contribution in [3.8, 4) is 0 Å². The van der Waals surface area contributed by atoms with Crippen LogP contribution >= 0.6 is 43.5 Å². The Bertz CT molecular complexity index is 502. The Kier molecular flexibility index (Phi) is 3.78. The summed E-state index contributed by atoms with van der Waals surface area (Å²) in [5.74, 6) is 0.641. The molecule has 0 aliphatic rings. The van der Waals surface area contributed by atoms with Crippen LogP contribution < -0.4 is 5.32 Å². The van der Waals surface area contributed by atoms with E-state index in [1.807, 2.05) is 24.3 Å². The van der Waals surface area contributed by atoms with Gasteiger partial charge in [-0.1, -0.05) is 27.5 Å². The minimum Gasteiger partial charge on any atom is -0.339 e. The van der Waals surface area contributed by atoms with Crippen molar-refractivity contribution >= 4 is 55.0 Å². The normalized spacial score (nSPS) is 10.2. The second-order valence-electron chi connectivity index (χ2n) is 2.96. The molecule has 16 heavy (non-hydrogen) atoms. The van der Waals surface area contributed by atoms with Crippen LogP contribution in [0.3, 0.4) is 0 Å². The first-order valence-corrected chi connectivity index (χ1v) is 6.32. The molecule has 2 rings (SSSR count). The molecule has 0 unspecified atom stereocenters. The SMILES string of the molecule is Clc1ncnc(Nc2ccc(Br)cc2)c1Br. The number of benzene rings is 1. The van der Waals surface area contributed by atoms with Gasteiger partial charge in [-0.15, -0.1) is 0 Å². The van der Waals surface area contributed by atoms with Crippen LogP contribution in [0.25, 0.3) is 0 Å². The maximum Gasteiger partial charge on any atom is 0.149 e. The Morgan fingerprint density at radius 1 is 1.06 bits per heavy atom. The lowest BCUT2D eigenvalue weighted by Crippen LogP contribution is -1.95. The molecule has 0 atom stereocenters. The number of halogens is 3. The van der Waals surface area contributed by atoms with Gasteiger partial charge in [-0.05, 0) is 40.2 Å². The van der Waals surface area contributed by atoms with Gasteiger partial charge in [0, 0.05) is 10.2 Å². The van der Waals surface area contributed by atoms with Crippen LogP contribution in [-0.2, 0) is 0 Å². The minimum atomic E-state index is 0.384. The van der Waals surface area contributed by atoms with Gasteiger partial charge in [-0.25, -0.2) is 9.97 Å². The fourth-order valence-corrected chi connectivity index (χ4v) is 1.81. The van der Waals surface area contributed by atoms with E-state index in [4.69, 9.17) is 11.6 Å². The van der Waals surface area contributed by atoms with Crippen molar-refractivity contribution in [1.29, 1.82) is 0 Å². The van der Waals surface area contributed by atoms with Crippen LogP contribution in [0.1, 0.15) is 0 Å². The van der Waals surface area contributed by atoms with E-state index in [1.54, 1.807) is 0 Å². The molecule has 0 aliphatic carbocycles. The summed E-state index contributed by atoms with van der Waals surface area (Å²) < 4.78 is 1.68. The molecule has 2 aromatic rings. The van der Waals surface area contributed by atoms with Crippen molar-refractivity contribution in [3.05, 3.63) is 44.7 Å². The first-order chi connectivity index (χ1) is 7.66. The Labute approximate surface area is 115 Å². The third-order valence-electron chi connectivity index (χ3n) is 1.85. The maximum atomic E-state index is 5.86. The summed E-state index contributed by atoms with van der Waals surface area (Å²) in [6.45, 7) is 0. The van der Waals surface area contributed by atoms with Crippen molar-refractivity contribution in [2.45, 2.75) is 0 Å². The summed E-state index contributed by atoms with van der Waals surface area (Å²) in [6, 6.07) is 7.76. The van der Waals surface area contributed by atoms with Crippen LogP contribution in [0.4, 0.5) is 11.5 Å². The van der Waals surface area contributed by atoms with Gasteiger partial charge in [-0.3, -0.25) is 0 Å². The summed E-state index contributed by atoms with van der Waals surface area (Å²) in [7, 11) is 0. The van der Waals surface area contributed by atoms with Gasteiger partial charge in [0.05, 0.1) is 4.47 Å². The fraction of sp³-hybridized carbons (Fsp3) is 0. The number of anilines is 2. The zero-order valence-electron chi connectivity index (χ0n) is 7.92. The predicted octanol–water partition coefficient (Wildman–Crippen LogP) is 4.40. The van der Waals surface area contributed by atoms with Crippen molar-refractivity contribution in [2.75, 3.05) is 5.32 Å². The molecule has 0 bridgehead atoms. The molecule has 3 nitrogen and oxygen atoms in total. The molecule has 0 saturated carbocycles. The highest BCUT2D eigenvalue weighted by atomic mass is 79.9. The number of nitrogens with one attached hydrogen (secondary N) is 1. The number of aromatic nitrogens is 2. The molecule has 1 aromatic carbocycles. The van der Waals surface area contributed by atoms with Crippen LogP contribution in [0.2, 0.25) is 5.15 Å². The van der Waals surface area contributed by atoms with E-state index in [9.17, 15) is 0 Å². The van der Waals surface area contributed by atoms with E-state index in [0.29, 0.717) is 15.4 Å². The summed E-state index contributed by atoms with van der Waals surface area (Å²) in [5, 5.41) is 3.52. The molecule has 6 heteroatoms. The van der Waals surface area contributed by atoms with Gasteiger partial charge < -0.3 is 5.32 Å². The highest BCUT2D eigenvalue weighted by Crippen LogP contribution is 2.28. The topological polar surface area (TPSA) is 37.8 Å². The number of rotatable bonds is 2. The lowest BCUT2D eigenvalue weighted by molar-refractivity contribution is 1.15. The van der Waals surface area contributed by atoms with Crippen molar-refractivity contribution in [1.82, 2.24) is 9.97 Å². The molecule has 0 aliphatic heterocycles. The second-order valence-corrected chi connectivity index (χ2v) is 5.03. The molecule has 0 fully saturated rings. The summed E-state index contributed by atoms with van der Waals surface area (Å²) >= 11 is 12.6. The Morgan fingerprint density at radius 3 is 2.44 bits per heavy atom. The van der Waals surface area contributed by atoms with Gasteiger partial charge in [0.25, 0.3) is 0 Å². The van der Waals surface area contributed by atoms with E-state index < -0.39 is 0 Å². The lowest BCUT2D eigenvalue weighted by atomic mass is 10.3. The smallest absolute Gasteiger partial charge is 0.149 e. The van der Waals surface area contributed by atoms with Crippen LogP contribution in [0.5, 0.6) is 0 Å². The summed E-state index contributed by atoms with van der Waals surface area (Å²) in [6.07, 6.45) is 1.41. The monoisotopic (exact) mass is 361 g/mol. The van der Waals surface area contributed by atoms with Gasteiger partial charge in [-0.2, -0.15) is 0 Å². The summed E-state index contributed by atoms with van der Waals surface area (Å²) in [4.78, 5) is 7.95. The standard InChI is InChI=1S/C10H6Br2ClN3/c11-6-1-3-7(4-2-6)16-10-8(12)9(13)14-5-15-10/h1-5H,(H,14,15,16). The zero-order chi connectivity index (χ0) is 11.5. The fourth-order valence-electron chi connectivity index (χ4n) is 1.11. The minimum absolute atomic E-state index is 0.384. The zero-order valence-corrected chi connectivity index (χ0v) is 11.8. The summed E-state index contributed by atoms with van der Waals surface area (Å²) in [5.41, 5.74) is 0.929. The highest BCUT2D eigenvalue weighted by Gasteiger charge is 2.06. The Hall–Kier alpha value is -0.650. The molecule has 0 radical (unpaired) electrons. The molecule has 82 valence electrons. The van der Waals surface area contributed by atoms with Gasteiger partial charge in [0.1, 0.15) is 17.3 Å². The molecular weight excluding hydrogens is 357 g/mol. The molecule has 0 spiro atoms. The van der Waals surface area contributed by atoms with Crippen molar-refractivity contribution in [2.24, 2.45) is 0 Å². The van der Waals surface area contributed by atoms with Crippen molar-refractivity contribution in [3.63, 3.8) is 0 Å². The maximum absolute atomic E-state index is 5.86. The lowest BCUT2D eigenvalue weighted by Gasteiger charge is -2.07. The number of nitrogens with zero attached hydrogens (tertiary/aromatic N) is 2. The third-order valence-corrected chi connectivity index (χ3v) is 3.65. The molecule has 1 heterocycles. The molecule has 1 aromatic heterocycles. The molecule has 1 N–H and O–H groups in total. The number of hydrogen-bond acceptors (Lipinski definition) is 3.